The van der Waals surface area contributed by atoms with Crippen molar-refractivity contribution in [2.75, 3.05) is 0 Å². The molecule has 0 aliphatic heterocycles. The van der Waals surface area contributed by atoms with Crippen molar-refractivity contribution < 1.29 is 14.7 Å². The predicted octanol–water partition coefficient (Wildman–Crippen LogP) is 5.72. The number of Topliss-reactive ketones (excluding diaryl/α,β-unsaturated/α-hetero) is 1. The quantitative estimate of drug-likeness (QED) is 0.685. The van der Waals surface area contributed by atoms with Crippen molar-refractivity contribution >= 4 is 11.8 Å². The Morgan fingerprint density at radius 3 is 2.56 bits per heavy atom. The second-order valence-electron chi connectivity index (χ2n) is 11.0. The first-order valence-electron chi connectivity index (χ1n) is 11.5. The van der Waals surface area contributed by atoms with Crippen molar-refractivity contribution in [3.8, 4) is 0 Å². The molecule has 4 rings (SSSR count). The summed E-state index contributed by atoms with van der Waals surface area (Å²) in [6.45, 7) is 7.23. The number of hydrogen-bond acceptors (Lipinski definition) is 2. The molecule has 8 atom stereocenters. The third-order valence-electron chi connectivity index (χ3n) is 9.96. The van der Waals surface area contributed by atoms with Crippen LogP contribution in [0.3, 0.4) is 0 Å². The molecule has 0 radical (unpaired) electrons. The van der Waals surface area contributed by atoms with Gasteiger partial charge in [0.15, 0.2) is 0 Å². The second-order valence-corrected chi connectivity index (χ2v) is 11.0. The molecule has 0 heterocycles. The van der Waals surface area contributed by atoms with Gasteiger partial charge in [0.05, 0.1) is 0 Å². The molecule has 0 unspecified atom stereocenters. The van der Waals surface area contributed by atoms with Crippen molar-refractivity contribution in [2.24, 2.45) is 46.3 Å². The zero-order valence-corrected chi connectivity index (χ0v) is 17.5. The van der Waals surface area contributed by atoms with Crippen LogP contribution < -0.4 is 0 Å². The molecule has 4 aliphatic carbocycles. The molecule has 152 valence electrons. The normalized spacial score (nSPS) is 47.7. The Bertz CT molecular complexity index is 613. The van der Waals surface area contributed by atoms with Crippen LogP contribution in [0.2, 0.25) is 0 Å². The highest BCUT2D eigenvalue weighted by Gasteiger charge is 2.62. The van der Waals surface area contributed by atoms with Crippen LogP contribution >= 0.6 is 0 Å². The number of aliphatic carboxylic acids is 1. The summed E-state index contributed by atoms with van der Waals surface area (Å²) >= 11 is 0. The van der Waals surface area contributed by atoms with Crippen LogP contribution in [0.1, 0.15) is 91.4 Å². The fourth-order valence-corrected chi connectivity index (χ4v) is 8.49. The van der Waals surface area contributed by atoms with E-state index in [1.807, 2.05) is 0 Å². The van der Waals surface area contributed by atoms with Gasteiger partial charge in [-0.1, -0.05) is 33.6 Å². The van der Waals surface area contributed by atoms with Crippen LogP contribution in [0.4, 0.5) is 0 Å². The van der Waals surface area contributed by atoms with E-state index in [4.69, 9.17) is 5.11 Å². The van der Waals surface area contributed by atoms with Crippen molar-refractivity contribution in [3.05, 3.63) is 0 Å². The van der Waals surface area contributed by atoms with E-state index in [-0.39, 0.29) is 11.8 Å². The molecular formula is C24H38O3. The summed E-state index contributed by atoms with van der Waals surface area (Å²) < 4.78 is 0. The summed E-state index contributed by atoms with van der Waals surface area (Å²) in [6, 6.07) is 0. The molecular weight excluding hydrogens is 336 g/mol. The summed E-state index contributed by atoms with van der Waals surface area (Å²) in [7, 11) is 0. The number of rotatable bonds is 4. The van der Waals surface area contributed by atoms with Crippen molar-refractivity contribution in [1.82, 2.24) is 0 Å². The van der Waals surface area contributed by atoms with Crippen LogP contribution in [-0.2, 0) is 9.59 Å². The van der Waals surface area contributed by atoms with Gasteiger partial charge in [-0.15, -0.1) is 0 Å². The Balaban J connectivity index is 1.57. The first-order valence-corrected chi connectivity index (χ1v) is 11.5. The number of hydrogen-bond donors (Lipinski definition) is 1. The number of ketones is 1. The molecule has 0 aromatic rings. The van der Waals surface area contributed by atoms with Gasteiger partial charge in [0, 0.05) is 18.8 Å². The van der Waals surface area contributed by atoms with Gasteiger partial charge in [-0.25, -0.2) is 0 Å². The summed E-state index contributed by atoms with van der Waals surface area (Å²) in [5.41, 5.74) is 0.637. The summed E-state index contributed by atoms with van der Waals surface area (Å²) in [5, 5.41) is 9.08. The molecule has 4 aliphatic rings. The maximum Gasteiger partial charge on any atom is 0.303 e. The van der Waals surface area contributed by atoms with Crippen molar-refractivity contribution in [2.45, 2.75) is 91.4 Å². The highest BCUT2D eigenvalue weighted by molar-refractivity contribution is 5.83. The Labute approximate surface area is 164 Å². The van der Waals surface area contributed by atoms with Gasteiger partial charge in [0.25, 0.3) is 0 Å². The molecule has 0 saturated heterocycles. The van der Waals surface area contributed by atoms with Crippen molar-refractivity contribution in [1.29, 1.82) is 0 Å². The zero-order valence-electron chi connectivity index (χ0n) is 17.5. The largest absolute Gasteiger partial charge is 0.481 e. The fourth-order valence-electron chi connectivity index (χ4n) is 8.49. The molecule has 0 aromatic heterocycles. The van der Waals surface area contributed by atoms with Gasteiger partial charge < -0.3 is 5.11 Å². The first-order chi connectivity index (χ1) is 12.8. The summed E-state index contributed by atoms with van der Waals surface area (Å²) in [4.78, 5) is 24.4. The van der Waals surface area contributed by atoms with E-state index >= 15 is 0 Å². The lowest BCUT2D eigenvalue weighted by atomic mass is 9.44. The minimum absolute atomic E-state index is 0.243. The molecule has 0 bridgehead atoms. The van der Waals surface area contributed by atoms with Gasteiger partial charge in [0.1, 0.15) is 5.78 Å². The van der Waals surface area contributed by atoms with E-state index in [0.717, 1.165) is 12.8 Å². The van der Waals surface area contributed by atoms with Gasteiger partial charge in [0.2, 0.25) is 0 Å². The lowest BCUT2D eigenvalue weighted by molar-refractivity contribution is -0.156. The third-order valence-corrected chi connectivity index (χ3v) is 9.96. The van der Waals surface area contributed by atoms with Crippen LogP contribution in [0.25, 0.3) is 0 Å². The van der Waals surface area contributed by atoms with Crippen molar-refractivity contribution in [3.63, 3.8) is 0 Å². The van der Waals surface area contributed by atoms with E-state index in [2.05, 4.69) is 20.8 Å². The van der Waals surface area contributed by atoms with Gasteiger partial charge in [-0.05, 0) is 85.4 Å². The average Bonchev–Trinajstić information content (AvgIpc) is 2.97. The highest BCUT2D eigenvalue weighted by atomic mass is 16.4. The number of carboxylic acids is 1. The maximum absolute atomic E-state index is 13.3. The molecule has 3 heteroatoms. The topological polar surface area (TPSA) is 54.4 Å². The third kappa shape index (κ3) is 2.99. The molecule has 4 saturated carbocycles. The second kappa shape index (κ2) is 6.88. The Morgan fingerprint density at radius 1 is 1.07 bits per heavy atom. The smallest absolute Gasteiger partial charge is 0.303 e. The van der Waals surface area contributed by atoms with Crippen LogP contribution in [-0.4, -0.2) is 16.9 Å². The van der Waals surface area contributed by atoms with Crippen LogP contribution in [0.15, 0.2) is 0 Å². The Kier molecular flexibility index (Phi) is 4.96. The Morgan fingerprint density at radius 2 is 1.81 bits per heavy atom. The molecule has 3 nitrogen and oxygen atoms in total. The van der Waals surface area contributed by atoms with Gasteiger partial charge in [-0.2, -0.15) is 0 Å². The molecule has 0 aromatic carbocycles. The molecule has 27 heavy (non-hydrogen) atoms. The molecule has 4 fully saturated rings. The summed E-state index contributed by atoms with van der Waals surface area (Å²) in [6.07, 6.45) is 12.0. The lowest BCUT2D eigenvalue weighted by Gasteiger charge is -2.60. The van der Waals surface area contributed by atoms with E-state index < -0.39 is 5.97 Å². The van der Waals surface area contributed by atoms with E-state index in [1.54, 1.807) is 0 Å². The lowest BCUT2D eigenvalue weighted by Crippen LogP contribution is -2.56. The number of carboxylic acid groups (broad SMARTS) is 1. The highest BCUT2D eigenvalue weighted by Crippen LogP contribution is 2.67. The molecule has 1 N–H and O–H groups in total. The first kappa shape index (κ1) is 19.5. The van der Waals surface area contributed by atoms with E-state index in [0.29, 0.717) is 46.7 Å². The van der Waals surface area contributed by atoms with E-state index in [1.165, 1.54) is 51.4 Å². The summed E-state index contributed by atoms with van der Waals surface area (Å²) in [5.74, 6) is 3.02. The zero-order chi connectivity index (χ0) is 19.4. The van der Waals surface area contributed by atoms with Gasteiger partial charge in [-0.3, -0.25) is 9.59 Å². The average molecular weight is 375 g/mol. The fraction of sp³-hybridized carbons (Fsp3) is 0.917. The minimum Gasteiger partial charge on any atom is -0.481 e. The number of carbonyl (C=O) groups excluding carboxylic acids is 1. The molecule has 0 amide bonds. The molecule has 0 spiro atoms. The Hall–Kier alpha value is -0.860. The maximum atomic E-state index is 13.3. The number of fused-ring (bicyclic) bond motifs is 5. The van der Waals surface area contributed by atoms with Gasteiger partial charge >= 0.3 is 5.97 Å². The SMILES string of the molecule is C[C@@H](CCC(=O)O)[C@H]1CC[C@H]2[C@H]3C(=O)C[C@@H]4CCCC[C@]4(C)[C@H]3CC[C@]12C. The minimum atomic E-state index is -0.677. The predicted molar refractivity (Wildman–Crippen MR) is 106 cm³/mol. The van der Waals surface area contributed by atoms with E-state index in [9.17, 15) is 9.59 Å². The standard InChI is InChI=1S/C24H38O3/c1-15(7-10-21(26)27)17-8-9-18-22-19(11-13-24(17,18)3)23(2)12-5-4-6-16(23)14-20(22)25/h15-19,22H,4-14H2,1-3H3,(H,26,27)/t15-,16-,17+,18-,19-,22+,23-,24+/m0/s1. The van der Waals surface area contributed by atoms with Crippen LogP contribution in [0.5, 0.6) is 0 Å². The monoisotopic (exact) mass is 374 g/mol. The van der Waals surface area contributed by atoms with Crippen LogP contribution in [0, 0.1) is 46.3 Å². The number of carbonyl (C=O) groups is 2.